The van der Waals surface area contributed by atoms with Crippen molar-refractivity contribution in [3.8, 4) is 6.07 Å². The number of halogens is 3. The summed E-state index contributed by atoms with van der Waals surface area (Å²) < 4.78 is 38.1. The Morgan fingerprint density at radius 3 is 2.54 bits per heavy atom. The van der Waals surface area contributed by atoms with Gasteiger partial charge in [-0.2, -0.15) is 18.4 Å². The number of aromatic amines is 1. The Kier molecular flexibility index (Phi) is 4.12. The van der Waals surface area contributed by atoms with Crippen molar-refractivity contribution in [1.82, 2.24) is 9.97 Å². The topological polar surface area (TPSA) is 69.5 Å². The molecule has 0 aliphatic heterocycles. The van der Waals surface area contributed by atoms with Crippen molar-refractivity contribution in [1.29, 1.82) is 5.26 Å². The van der Waals surface area contributed by atoms with Crippen molar-refractivity contribution in [2.24, 2.45) is 0 Å². The molecule has 0 aliphatic carbocycles. The van der Waals surface area contributed by atoms with Gasteiger partial charge in [-0.15, -0.1) is 0 Å². The van der Waals surface area contributed by atoms with E-state index >= 15 is 0 Å². The molecule has 4 aromatic rings. The summed E-state index contributed by atoms with van der Waals surface area (Å²) in [5, 5.41) is 12.2. The monoisotopic (exact) mass is 379 g/mol. The number of H-pyrrole nitrogens is 1. The summed E-state index contributed by atoms with van der Waals surface area (Å²) in [5.74, 6) is -1.85. The summed E-state index contributed by atoms with van der Waals surface area (Å²) >= 11 is 0. The second-order valence-corrected chi connectivity index (χ2v) is 6.33. The van der Waals surface area contributed by atoms with Crippen molar-refractivity contribution >= 4 is 27.5 Å². The van der Waals surface area contributed by atoms with E-state index in [-0.39, 0.29) is 11.4 Å². The zero-order chi connectivity index (χ0) is 19.9. The first-order valence-corrected chi connectivity index (χ1v) is 8.36. The van der Waals surface area contributed by atoms with Crippen LogP contribution in [-0.4, -0.2) is 15.8 Å². The van der Waals surface area contributed by atoms with Crippen molar-refractivity contribution in [2.45, 2.75) is 12.1 Å². The predicted molar refractivity (Wildman–Crippen MR) is 97.7 cm³/mol. The van der Waals surface area contributed by atoms with E-state index in [0.717, 1.165) is 33.8 Å². The molecule has 0 spiro atoms. The van der Waals surface area contributed by atoms with Crippen LogP contribution in [0, 0.1) is 11.3 Å². The Balaban J connectivity index is 1.73. The standard InChI is InChI=1S/C21H12F3N3O/c22-21(23,24)13-6-8-17(26-11-13)16(10-25)20(28)19-9-15-14-4-2-1-3-12(14)5-7-18(15)27-19/h1-9,11,16,27H/t16-/m0/s1. The maximum absolute atomic E-state index is 12.8. The SMILES string of the molecule is N#C[C@H](C(=O)c1cc2c(ccc3ccccc32)[nH]1)c1ccc(C(F)(F)F)cn1. The number of ketones is 1. The molecule has 0 radical (unpaired) electrons. The zero-order valence-corrected chi connectivity index (χ0v) is 14.3. The van der Waals surface area contributed by atoms with Gasteiger partial charge in [0.1, 0.15) is 0 Å². The van der Waals surface area contributed by atoms with E-state index in [1.807, 2.05) is 42.5 Å². The van der Waals surface area contributed by atoms with E-state index < -0.39 is 23.4 Å². The van der Waals surface area contributed by atoms with Gasteiger partial charge in [0.2, 0.25) is 5.78 Å². The summed E-state index contributed by atoms with van der Waals surface area (Å²) in [6.07, 6.45) is -3.90. The quantitative estimate of drug-likeness (QED) is 0.496. The molecule has 0 saturated heterocycles. The van der Waals surface area contributed by atoms with Gasteiger partial charge < -0.3 is 4.98 Å². The molecule has 28 heavy (non-hydrogen) atoms. The highest BCUT2D eigenvalue weighted by atomic mass is 19.4. The number of rotatable bonds is 3. The predicted octanol–water partition coefficient (Wildman–Crippen LogP) is 5.22. The third kappa shape index (κ3) is 2.99. The van der Waals surface area contributed by atoms with Crippen molar-refractivity contribution in [2.75, 3.05) is 0 Å². The first-order valence-electron chi connectivity index (χ1n) is 8.36. The second-order valence-electron chi connectivity index (χ2n) is 6.33. The van der Waals surface area contributed by atoms with Gasteiger partial charge in [-0.1, -0.05) is 30.3 Å². The van der Waals surface area contributed by atoms with E-state index in [4.69, 9.17) is 0 Å². The van der Waals surface area contributed by atoms with Crippen LogP contribution in [0.1, 0.15) is 27.7 Å². The third-order valence-corrected chi connectivity index (χ3v) is 4.59. The Morgan fingerprint density at radius 2 is 1.86 bits per heavy atom. The number of pyridine rings is 1. The van der Waals surface area contributed by atoms with Crippen LogP contribution in [0.5, 0.6) is 0 Å². The van der Waals surface area contributed by atoms with Crippen LogP contribution in [0.3, 0.4) is 0 Å². The smallest absolute Gasteiger partial charge is 0.352 e. The lowest BCUT2D eigenvalue weighted by Gasteiger charge is -2.09. The van der Waals surface area contributed by atoms with Gasteiger partial charge in [-0.3, -0.25) is 9.78 Å². The number of alkyl halides is 3. The van der Waals surface area contributed by atoms with Crippen molar-refractivity contribution < 1.29 is 18.0 Å². The number of carbonyl (C=O) groups excluding carboxylic acids is 1. The fraction of sp³-hybridized carbons (Fsp3) is 0.0952. The molecule has 2 heterocycles. The molecule has 4 nitrogen and oxygen atoms in total. The Bertz CT molecular complexity index is 1230. The molecule has 0 unspecified atom stereocenters. The number of Topliss-reactive ketones (excluding diaryl/α,β-unsaturated/α-hetero) is 1. The highest BCUT2D eigenvalue weighted by Gasteiger charge is 2.32. The van der Waals surface area contributed by atoms with Crippen LogP contribution >= 0.6 is 0 Å². The molecule has 1 N–H and O–H groups in total. The average Bonchev–Trinajstić information content (AvgIpc) is 3.13. The summed E-state index contributed by atoms with van der Waals surface area (Å²) in [6.45, 7) is 0. The Hall–Kier alpha value is -3.66. The molecule has 7 heteroatoms. The van der Waals surface area contributed by atoms with Gasteiger partial charge in [-0.05, 0) is 35.0 Å². The number of carbonyl (C=O) groups is 1. The number of benzene rings is 2. The number of nitrogens with zero attached hydrogens (tertiary/aromatic N) is 2. The van der Waals surface area contributed by atoms with Crippen molar-refractivity contribution in [3.05, 3.63) is 77.7 Å². The summed E-state index contributed by atoms with van der Waals surface area (Å²) in [7, 11) is 0. The fourth-order valence-electron chi connectivity index (χ4n) is 3.18. The molecular formula is C21H12F3N3O. The van der Waals surface area contributed by atoms with E-state index in [2.05, 4.69) is 9.97 Å². The molecular weight excluding hydrogens is 367 g/mol. The maximum Gasteiger partial charge on any atom is 0.417 e. The molecule has 0 bridgehead atoms. The molecule has 1 atom stereocenters. The van der Waals surface area contributed by atoms with E-state index in [1.165, 1.54) is 0 Å². The van der Waals surface area contributed by atoms with Crippen LogP contribution < -0.4 is 0 Å². The second kappa shape index (κ2) is 6.50. The fourth-order valence-corrected chi connectivity index (χ4v) is 3.18. The number of hydrogen-bond donors (Lipinski definition) is 1. The van der Waals surface area contributed by atoms with Crippen LogP contribution in [-0.2, 0) is 6.18 Å². The molecule has 0 aliphatic rings. The highest BCUT2D eigenvalue weighted by molar-refractivity contribution is 6.11. The lowest BCUT2D eigenvalue weighted by atomic mass is 9.98. The minimum absolute atomic E-state index is 0.0241. The Morgan fingerprint density at radius 1 is 1.07 bits per heavy atom. The van der Waals surface area contributed by atoms with Gasteiger partial charge in [0.25, 0.3) is 0 Å². The molecule has 0 saturated carbocycles. The minimum atomic E-state index is -4.53. The number of hydrogen-bond acceptors (Lipinski definition) is 3. The summed E-state index contributed by atoms with van der Waals surface area (Å²) in [5.41, 5.74) is -0.0137. The van der Waals surface area contributed by atoms with Gasteiger partial charge in [0.15, 0.2) is 5.92 Å². The van der Waals surface area contributed by atoms with Gasteiger partial charge in [0.05, 0.1) is 23.0 Å². The lowest BCUT2D eigenvalue weighted by molar-refractivity contribution is -0.137. The molecule has 0 amide bonds. The maximum atomic E-state index is 12.8. The van der Waals surface area contributed by atoms with Crippen LogP contribution in [0.25, 0.3) is 21.7 Å². The van der Waals surface area contributed by atoms with Gasteiger partial charge in [-0.25, -0.2) is 0 Å². The number of aromatic nitrogens is 2. The largest absolute Gasteiger partial charge is 0.417 e. The van der Waals surface area contributed by atoms with E-state index in [1.54, 1.807) is 6.07 Å². The Labute approximate surface area is 157 Å². The number of fused-ring (bicyclic) bond motifs is 3. The summed E-state index contributed by atoms with van der Waals surface area (Å²) in [6, 6.07) is 16.8. The third-order valence-electron chi connectivity index (χ3n) is 4.59. The molecule has 0 fully saturated rings. The van der Waals surface area contributed by atoms with E-state index in [9.17, 15) is 23.2 Å². The first kappa shape index (κ1) is 17.7. The minimum Gasteiger partial charge on any atom is -0.352 e. The van der Waals surface area contributed by atoms with Crippen LogP contribution in [0.4, 0.5) is 13.2 Å². The number of nitrogens with one attached hydrogen (secondary N) is 1. The van der Waals surface area contributed by atoms with Crippen molar-refractivity contribution in [3.63, 3.8) is 0 Å². The summed E-state index contributed by atoms with van der Waals surface area (Å²) in [4.78, 5) is 19.5. The highest BCUT2D eigenvalue weighted by Crippen LogP contribution is 2.31. The van der Waals surface area contributed by atoms with Crippen LogP contribution in [0.15, 0.2) is 60.8 Å². The molecule has 2 aromatic heterocycles. The first-order chi connectivity index (χ1) is 13.4. The molecule has 138 valence electrons. The zero-order valence-electron chi connectivity index (χ0n) is 14.3. The lowest BCUT2D eigenvalue weighted by Crippen LogP contribution is -2.14. The normalized spacial score (nSPS) is 12.8. The van der Waals surface area contributed by atoms with E-state index in [0.29, 0.717) is 6.20 Å². The average molecular weight is 379 g/mol. The molecule has 4 rings (SSSR count). The molecule has 2 aromatic carbocycles. The number of nitriles is 1. The van der Waals surface area contributed by atoms with Gasteiger partial charge >= 0.3 is 6.18 Å². The van der Waals surface area contributed by atoms with Crippen LogP contribution in [0.2, 0.25) is 0 Å². The van der Waals surface area contributed by atoms with Gasteiger partial charge in [0, 0.05) is 17.1 Å².